The summed E-state index contributed by atoms with van der Waals surface area (Å²) in [6, 6.07) is 13.4. The Morgan fingerprint density at radius 1 is 1.32 bits per heavy atom. The van der Waals surface area contributed by atoms with Crippen molar-refractivity contribution in [2.75, 3.05) is 18.4 Å². The number of amides is 1. The molecule has 1 atom stereocenters. The maximum atomic E-state index is 12.5. The number of nitriles is 1. The van der Waals surface area contributed by atoms with Crippen molar-refractivity contribution < 1.29 is 4.79 Å². The van der Waals surface area contributed by atoms with E-state index in [9.17, 15) is 4.79 Å². The molecule has 0 saturated carbocycles. The largest absolute Gasteiger partial charge is 0.310 e. The number of pyridine rings is 1. The van der Waals surface area contributed by atoms with Crippen molar-refractivity contribution in [1.82, 2.24) is 9.88 Å². The first-order chi connectivity index (χ1) is 12.1. The van der Waals surface area contributed by atoms with E-state index < -0.39 is 0 Å². The number of hydrogen-bond acceptors (Lipinski definition) is 4. The molecule has 1 aliphatic heterocycles. The van der Waals surface area contributed by atoms with Crippen LogP contribution in [0, 0.1) is 17.2 Å². The molecule has 2 aromatic rings. The maximum Gasteiger partial charge on any atom is 0.229 e. The number of likely N-dealkylation sites (tertiary alicyclic amines) is 1. The Balaban J connectivity index is 1.57. The highest BCUT2D eigenvalue weighted by Gasteiger charge is 2.26. The average Bonchev–Trinajstić information content (AvgIpc) is 2.64. The summed E-state index contributed by atoms with van der Waals surface area (Å²) in [6.45, 7) is 2.52. The molecule has 0 unspecified atom stereocenters. The summed E-state index contributed by atoms with van der Waals surface area (Å²) in [5, 5.41) is 11.8. The molecule has 1 N–H and O–H groups in total. The summed E-state index contributed by atoms with van der Waals surface area (Å²) in [4.78, 5) is 19.0. The molecule has 1 aromatic carbocycles. The number of nitrogens with zero attached hydrogens (tertiary/aromatic N) is 3. The smallest absolute Gasteiger partial charge is 0.229 e. The highest BCUT2D eigenvalue weighted by Crippen LogP contribution is 2.20. The molecule has 1 fully saturated rings. The first-order valence-electron chi connectivity index (χ1n) is 8.28. The second-order valence-electron chi connectivity index (χ2n) is 6.23. The highest BCUT2D eigenvalue weighted by molar-refractivity contribution is 9.10. The third-order valence-corrected chi connectivity index (χ3v) is 4.81. The van der Waals surface area contributed by atoms with Gasteiger partial charge in [0.05, 0.1) is 17.6 Å². The monoisotopic (exact) mass is 398 g/mol. The quantitative estimate of drug-likeness (QED) is 0.854. The zero-order chi connectivity index (χ0) is 17.6. The van der Waals surface area contributed by atoms with E-state index in [0.29, 0.717) is 11.4 Å². The van der Waals surface area contributed by atoms with Crippen LogP contribution in [0.15, 0.2) is 47.1 Å². The summed E-state index contributed by atoms with van der Waals surface area (Å²) < 4.78 is 0.886. The molecule has 6 heteroatoms. The molecule has 2 heterocycles. The lowest BCUT2D eigenvalue weighted by Crippen LogP contribution is -2.40. The Morgan fingerprint density at radius 2 is 2.12 bits per heavy atom. The fraction of sp³-hybridized carbons (Fsp3) is 0.316. The summed E-state index contributed by atoms with van der Waals surface area (Å²) >= 11 is 3.34. The number of benzene rings is 1. The third-order valence-electron chi connectivity index (χ3n) is 4.34. The Labute approximate surface area is 155 Å². The molecule has 5 nitrogen and oxygen atoms in total. The molecule has 0 bridgehead atoms. The summed E-state index contributed by atoms with van der Waals surface area (Å²) in [7, 11) is 0. The highest BCUT2D eigenvalue weighted by atomic mass is 79.9. The fourth-order valence-corrected chi connectivity index (χ4v) is 3.27. The van der Waals surface area contributed by atoms with Crippen molar-refractivity contribution in [3.63, 3.8) is 0 Å². The van der Waals surface area contributed by atoms with Crippen LogP contribution in [0.3, 0.4) is 0 Å². The molecule has 0 aliphatic carbocycles. The van der Waals surface area contributed by atoms with Crippen molar-refractivity contribution in [3.05, 3.63) is 58.2 Å². The lowest BCUT2D eigenvalue weighted by molar-refractivity contribution is -0.121. The summed E-state index contributed by atoms with van der Waals surface area (Å²) in [6.07, 6.45) is 3.57. The van der Waals surface area contributed by atoms with Crippen LogP contribution < -0.4 is 5.32 Å². The minimum atomic E-state index is -0.0300. The van der Waals surface area contributed by atoms with Crippen LogP contribution in [0.25, 0.3) is 0 Å². The lowest BCUT2D eigenvalue weighted by atomic mass is 9.96. The van der Waals surface area contributed by atoms with Crippen LogP contribution in [0.4, 0.5) is 5.82 Å². The van der Waals surface area contributed by atoms with E-state index >= 15 is 0 Å². The Kier molecular flexibility index (Phi) is 5.79. The number of piperidine rings is 1. The van der Waals surface area contributed by atoms with Crippen LogP contribution in [-0.4, -0.2) is 28.9 Å². The number of hydrogen-bond donors (Lipinski definition) is 1. The first kappa shape index (κ1) is 17.6. The first-order valence-corrected chi connectivity index (χ1v) is 9.07. The van der Waals surface area contributed by atoms with Crippen molar-refractivity contribution >= 4 is 27.7 Å². The topological polar surface area (TPSA) is 69.0 Å². The molecule has 1 amide bonds. The number of carbonyl (C=O) groups excluding carboxylic acids is 1. The van der Waals surface area contributed by atoms with Crippen LogP contribution >= 0.6 is 15.9 Å². The number of halogens is 1. The minimum absolute atomic E-state index is 0.0272. The van der Waals surface area contributed by atoms with Gasteiger partial charge in [-0.1, -0.05) is 12.1 Å². The van der Waals surface area contributed by atoms with Crippen LogP contribution in [-0.2, 0) is 11.3 Å². The van der Waals surface area contributed by atoms with Crippen LogP contribution in [0.5, 0.6) is 0 Å². The van der Waals surface area contributed by atoms with Gasteiger partial charge in [0.25, 0.3) is 0 Å². The fourth-order valence-electron chi connectivity index (χ4n) is 3.03. The maximum absolute atomic E-state index is 12.5. The van der Waals surface area contributed by atoms with E-state index in [-0.39, 0.29) is 11.8 Å². The van der Waals surface area contributed by atoms with E-state index in [0.717, 1.165) is 42.5 Å². The molecule has 25 heavy (non-hydrogen) atoms. The minimum Gasteiger partial charge on any atom is -0.310 e. The Bertz CT molecular complexity index is 768. The standard InChI is InChI=1S/C19H19BrN4O/c20-17-7-8-18(22-11-17)23-19(25)16-2-1-9-24(13-16)12-15-5-3-14(10-21)4-6-15/h3-8,11,16H,1-2,9,12-13H2,(H,22,23,25)/t16-/m1/s1. The van der Waals surface area contributed by atoms with Crippen LogP contribution in [0.2, 0.25) is 0 Å². The predicted molar refractivity (Wildman–Crippen MR) is 99.7 cm³/mol. The van der Waals surface area contributed by atoms with E-state index in [1.165, 1.54) is 0 Å². The number of anilines is 1. The predicted octanol–water partition coefficient (Wildman–Crippen LogP) is 3.57. The van der Waals surface area contributed by atoms with Gasteiger partial charge in [-0.05, 0) is 65.1 Å². The van der Waals surface area contributed by atoms with Gasteiger partial charge >= 0.3 is 0 Å². The zero-order valence-corrected chi connectivity index (χ0v) is 15.4. The molecule has 1 aliphatic rings. The Morgan fingerprint density at radius 3 is 2.80 bits per heavy atom. The summed E-state index contributed by atoms with van der Waals surface area (Å²) in [5.74, 6) is 0.578. The molecule has 128 valence electrons. The van der Waals surface area contributed by atoms with Gasteiger partial charge in [0.2, 0.25) is 5.91 Å². The van der Waals surface area contributed by atoms with Gasteiger partial charge in [0, 0.05) is 23.8 Å². The molecule has 1 aromatic heterocycles. The van der Waals surface area contributed by atoms with Crippen molar-refractivity contribution in [1.29, 1.82) is 5.26 Å². The van der Waals surface area contributed by atoms with E-state index in [4.69, 9.17) is 5.26 Å². The van der Waals surface area contributed by atoms with Gasteiger partial charge in [-0.25, -0.2) is 4.98 Å². The summed E-state index contributed by atoms with van der Waals surface area (Å²) in [5.41, 5.74) is 1.83. The van der Waals surface area contributed by atoms with E-state index in [2.05, 4.69) is 37.2 Å². The molecular formula is C19H19BrN4O. The van der Waals surface area contributed by atoms with Crippen molar-refractivity contribution in [2.24, 2.45) is 5.92 Å². The van der Waals surface area contributed by atoms with E-state index in [1.807, 2.05) is 30.3 Å². The number of carbonyl (C=O) groups is 1. The van der Waals surface area contributed by atoms with Gasteiger partial charge in [-0.2, -0.15) is 5.26 Å². The number of nitrogens with one attached hydrogen (secondary N) is 1. The second-order valence-corrected chi connectivity index (χ2v) is 7.15. The molecule has 3 rings (SSSR count). The molecule has 0 radical (unpaired) electrons. The van der Waals surface area contributed by atoms with Crippen LogP contribution in [0.1, 0.15) is 24.0 Å². The molecule has 0 spiro atoms. The van der Waals surface area contributed by atoms with Gasteiger partial charge in [0.15, 0.2) is 0 Å². The number of aromatic nitrogens is 1. The second kappa shape index (κ2) is 8.24. The van der Waals surface area contributed by atoms with Gasteiger partial charge in [-0.3, -0.25) is 9.69 Å². The van der Waals surface area contributed by atoms with Crippen molar-refractivity contribution in [2.45, 2.75) is 19.4 Å². The Hall–Kier alpha value is -2.23. The van der Waals surface area contributed by atoms with Crippen molar-refractivity contribution in [3.8, 4) is 6.07 Å². The number of rotatable bonds is 4. The van der Waals surface area contributed by atoms with Gasteiger partial charge in [-0.15, -0.1) is 0 Å². The third kappa shape index (κ3) is 4.88. The zero-order valence-electron chi connectivity index (χ0n) is 13.8. The molecular weight excluding hydrogens is 380 g/mol. The molecule has 1 saturated heterocycles. The SMILES string of the molecule is N#Cc1ccc(CN2CCC[C@@H](C(=O)Nc3ccc(Br)cn3)C2)cc1. The average molecular weight is 399 g/mol. The van der Waals surface area contributed by atoms with Gasteiger partial charge < -0.3 is 5.32 Å². The van der Waals surface area contributed by atoms with E-state index in [1.54, 1.807) is 12.3 Å². The normalized spacial score (nSPS) is 17.7. The lowest BCUT2D eigenvalue weighted by Gasteiger charge is -2.32. The van der Waals surface area contributed by atoms with Gasteiger partial charge in [0.1, 0.15) is 5.82 Å².